The Morgan fingerprint density at radius 2 is 2.04 bits per heavy atom. The number of nitrogens with one attached hydrogen (secondary N) is 1. The molecule has 1 aromatic rings. The Kier molecular flexibility index (Phi) is 6.41. The number of hydrogen-bond acceptors (Lipinski definition) is 6. The second-order valence-corrected chi connectivity index (χ2v) is 7.18. The van der Waals surface area contributed by atoms with Crippen molar-refractivity contribution in [2.45, 2.75) is 33.6 Å². The molecule has 1 aromatic heterocycles. The fraction of sp³-hybridized carbons (Fsp3) is 0.588. The summed E-state index contributed by atoms with van der Waals surface area (Å²) in [6, 6.07) is 0. The van der Waals surface area contributed by atoms with Gasteiger partial charge in [-0.05, 0) is 39.2 Å². The number of hydrogen-bond donors (Lipinski definition) is 1. The van der Waals surface area contributed by atoms with Crippen LogP contribution in [0.5, 0.6) is 0 Å². The Morgan fingerprint density at radius 3 is 2.68 bits per heavy atom. The van der Waals surface area contributed by atoms with Crippen LogP contribution in [-0.2, 0) is 14.3 Å². The highest BCUT2D eigenvalue weighted by Gasteiger charge is 2.30. The number of amides is 2. The molecule has 7 nitrogen and oxygen atoms in total. The molecule has 2 amide bonds. The van der Waals surface area contributed by atoms with Crippen LogP contribution < -0.4 is 5.32 Å². The van der Waals surface area contributed by atoms with E-state index in [1.807, 2.05) is 13.8 Å². The van der Waals surface area contributed by atoms with E-state index < -0.39 is 12.1 Å². The lowest BCUT2D eigenvalue weighted by Crippen LogP contribution is -2.44. The van der Waals surface area contributed by atoms with Crippen LogP contribution in [0.4, 0.5) is 9.80 Å². The molecule has 1 aliphatic rings. The molecule has 2 rings (SSSR count). The number of methoxy groups -OCH3 is 1. The van der Waals surface area contributed by atoms with E-state index in [0.29, 0.717) is 36.7 Å². The summed E-state index contributed by atoms with van der Waals surface area (Å²) in [7, 11) is 1.32. The maximum atomic E-state index is 12.6. The van der Waals surface area contributed by atoms with Crippen LogP contribution in [0.1, 0.15) is 40.6 Å². The quantitative estimate of drug-likeness (QED) is 0.826. The first kappa shape index (κ1) is 19.2. The summed E-state index contributed by atoms with van der Waals surface area (Å²) in [6.07, 6.45) is 1.04. The highest BCUT2D eigenvalue weighted by Crippen LogP contribution is 2.33. The number of ether oxygens (including phenoxy) is 2. The first-order chi connectivity index (χ1) is 11.9. The minimum Gasteiger partial charge on any atom is -0.465 e. The fourth-order valence-corrected chi connectivity index (χ4v) is 3.90. The Bertz CT molecular complexity index is 670. The summed E-state index contributed by atoms with van der Waals surface area (Å²) < 4.78 is 9.83. The molecule has 1 N–H and O–H groups in total. The second kappa shape index (κ2) is 8.33. The van der Waals surface area contributed by atoms with Gasteiger partial charge in [-0.2, -0.15) is 0 Å². The summed E-state index contributed by atoms with van der Waals surface area (Å²) in [6.45, 7) is 6.70. The Morgan fingerprint density at radius 1 is 1.32 bits per heavy atom. The molecule has 1 atom stereocenters. The molecule has 0 radical (unpaired) electrons. The predicted octanol–water partition coefficient (Wildman–Crippen LogP) is 2.96. The highest BCUT2D eigenvalue weighted by molar-refractivity contribution is 7.16. The normalized spacial score (nSPS) is 17.1. The number of nitrogens with zero attached hydrogens (tertiary/aromatic N) is 1. The van der Waals surface area contributed by atoms with Gasteiger partial charge in [-0.15, -0.1) is 11.3 Å². The van der Waals surface area contributed by atoms with E-state index in [9.17, 15) is 14.4 Å². The van der Waals surface area contributed by atoms with Gasteiger partial charge in [0.05, 0.1) is 25.2 Å². The third-order valence-electron chi connectivity index (χ3n) is 4.33. The molecule has 2 heterocycles. The Hall–Kier alpha value is -2.09. The number of carbonyl (C=O) groups excluding carboxylic acids is 3. The number of anilines is 1. The van der Waals surface area contributed by atoms with E-state index in [4.69, 9.17) is 9.47 Å². The summed E-state index contributed by atoms with van der Waals surface area (Å²) in [5.41, 5.74) is 1.21. The third-order valence-corrected chi connectivity index (χ3v) is 5.45. The van der Waals surface area contributed by atoms with Crippen LogP contribution >= 0.6 is 11.3 Å². The largest absolute Gasteiger partial charge is 0.465 e. The molecule has 0 aromatic carbocycles. The number of thiophene rings is 1. The highest BCUT2D eigenvalue weighted by atomic mass is 32.1. The molecule has 1 fully saturated rings. The summed E-state index contributed by atoms with van der Waals surface area (Å²) in [5.74, 6) is -0.985. The maximum absolute atomic E-state index is 12.6. The molecule has 0 bridgehead atoms. The monoisotopic (exact) mass is 368 g/mol. The number of likely N-dealkylation sites (tertiary alicyclic amines) is 1. The zero-order chi connectivity index (χ0) is 18.6. The standard InChI is InChI=1S/C17H24N2O5S/c1-5-24-17(22)19-8-6-7-12(9-19)14(20)18-15-13(16(21)23-4)10(2)11(3)25-15/h12H,5-9H2,1-4H3,(H,18,20)/t12-/m0/s1. The zero-order valence-electron chi connectivity index (χ0n) is 15.0. The second-order valence-electron chi connectivity index (χ2n) is 5.95. The molecule has 1 saturated heterocycles. The third kappa shape index (κ3) is 4.31. The van der Waals surface area contributed by atoms with Gasteiger partial charge in [-0.1, -0.05) is 0 Å². The molecule has 0 saturated carbocycles. The van der Waals surface area contributed by atoms with Crippen LogP contribution in [0.3, 0.4) is 0 Å². The van der Waals surface area contributed by atoms with E-state index in [0.717, 1.165) is 16.9 Å². The average molecular weight is 368 g/mol. The number of piperidine rings is 1. The lowest BCUT2D eigenvalue weighted by atomic mass is 9.97. The van der Waals surface area contributed by atoms with E-state index in [2.05, 4.69) is 5.32 Å². The first-order valence-corrected chi connectivity index (χ1v) is 9.11. The van der Waals surface area contributed by atoms with Gasteiger partial charge in [0.15, 0.2) is 0 Å². The molecule has 0 spiro atoms. The van der Waals surface area contributed by atoms with Gasteiger partial charge < -0.3 is 19.7 Å². The molecule has 0 unspecified atom stereocenters. The Balaban J connectivity index is 2.11. The van der Waals surface area contributed by atoms with Crippen LogP contribution in [-0.4, -0.2) is 49.7 Å². The molecule has 0 aliphatic carbocycles. The maximum Gasteiger partial charge on any atom is 0.409 e. The van der Waals surface area contributed by atoms with Crippen LogP contribution in [0.25, 0.3) is 0 Å². The van der Waals surface area contributed by atoms with Gasteiger partial charge in [0.1, 0.15) is 5.00 Å². The van der Waals surface area contributed by atoms with Crippen molar-refractivity contribution in [2.75, 3.05) is 32.1 Å². The lowest BCUT2D eigenvalue weighted by molar-refractivity contribution is -0.121. The first-order valence-electron chi connectivity index (χ1n) is 8.29. The number of carbonyl (C=O) groups is 3. The predicted molar refractivity (Wildman–Crippen MR) is 95.1 cm³/mol. The van der Waals surface area contributed by atoms with Crippen LogP contribution in [0, 0.1) is 19.8 Å². The Labute approximate surface area is 151 Å². The summed E-state index contributed by atoms with van der Waals surface area (Å²) in [4.78, 5) is 39.0. The zero-order valence-corrected chi connectivity index (χ0v) is 15.8. The average Bonchev–Trinajstić information content (AvgIpc) is 2.88. The van der Waals surface area contributed by atoms with E-state index in [-0.39, 0.29) is 11.8 Å². The van der Waals surface area contributed by atoms with E-state index >= 15 is 0 Å². The van der Waals surface area contributed by atoms with Gasteiger partial charge in [-0.3, -0.25) is 4.79 Å². The van der Waals surface area contributed by atoms with E-state index in [1.54, 1.807) is 11.8 Å². The van der Waals surface area contributed by atoms with Gasteiger partial charge in [0.25, 0.3) is 0 Å². The molecule has 25 heavy (non-hydrogen) atoms. The SMILES string of the molecule is CCOC(=O)N1CCC[C@H](C(=O)Nc2sc(C)c(C)c2C(=O)OC)C1. The van der Waals surface area contributed by atoms with Crippen LogP contribution in [0.15, 0.2) is 0 Å². The van der Waals surface area contributed by atoms with Crippen molar-refractivity contribution >= 4 is 34.3 Å². The van der Waals surface area contributed by atoms with Crippen molar-refractivity contribution in [1.82, 2.24) is 4.90 Å². The number of aryl methyl sites for hydroxylation is 1. The van der Waals surface area contributed by atoms with Crippen molar-refractivity contribution in [3.8, 4) is 0 Å². The van der Waals surface area contributed by atoms with Crippen molar-refractivity contribution < 1.29 is 23.9 Å². The topological polar surface area (TPSA) is 84.9 Å². The molecular formula is C17H24N2O5S. The molecular weight excluding hydrogens is 344 g/mol. The van der Waals surface area contributed by atoms with Gasteiger partial charge >= 0.3 is 12.1 Å². The van der Waals surface area contributed by atoms with E-state index in [1.165, 1.54) is 18.4 Å². The van der Waals surface area contributed by atoms with Crippen molar-refractivity contribution in [2.24, 2.45) is 5.92 Å². The van der Waals surface area contributed by atoms with Crippen molar-refractivity contribution in [1.29, 1.82) is 0 Å². The molecule has 138 valence electrons. The molecule has 1 aliphatic heterocycles. The van der Waals surface area contributed by atoms with Crippen LogP contribution in [0.2, 0.25) is 0 Å². The smallest absolute Gasteiger partial charge is 0.409 e. The van der Waals surface area contributed by atoms with Gasteiger partial charge in [-0.25, -0.2) is 9.59 Å². The minimum atomic E-state index is -0.464. The van der Waals surface area contributed by atoms with Crippen molar-refractivity contribution in [3.63, 3.8) is 0 Å². The van der Waals surface area contributed by atoms with Gasteiger partial charge in [0, 0.05) is 18.0 Å². The minimum absolute atomic E-state index is 0.194. The number of esters is 1. The number of rotatable bonds is 4. The van der Waals surface area contributed by atoms with Crippen molar-refractivity contribution in [3.05, 3.63) is 16.0 Å². The summed E-state index contributed by atoms with van der Waals surface area (Å²) in [5, 5.41) is 3.35. The van der Waals surface area contributed by atoms with Gasteiger partial charge in [0.2, 0.25) is 5.91 Å². The molecule has 8 heteroatoms. The summed E-state index contributed by atoms with van der Waals surface area (Å²) >= 11 is 1.35. The lowest BCUT2D eigenvalue weighted by Gasteiger charge is -2.31. The fourth-order valence-electron chi connectivity index (χ4n) is 2.85.